The lowest BCUT2D eigenvalue weighted by atomic mass is 9.77. The molecule has 1 spiro atoms. The van der Waals surface area contributed by atoms with Gasteiger partial charge in [-0.2, -0.15) is 0 Å². The van der Waals surface area contributed by atoms with Gasteiger partial charge in [0.2, 0.25) is 0 Å². The molecule has 0 saturated carbocycles. The lowest BCUT2D eigenvalue weighted by Gasteiger charge is -2.35. The number of rotatable bonds is 0. The average Bonchev–Trinajstić information content (AvgIpc) is 2.36. The maximum absolute atomic E-state index is 9.71. The van der Waals surface area contributed by atoms with Crippen LogP contribution in [0.3, 0.4) is 0 Å². The van der Waals surface area contributed by atoms with Gasteiger partial charge in [0.1, 0.15) is 0 Å². The molecule has 0 aromatic carbocycles. The van der Waals surface area contributed by atoms with E-state index in [1.807, 2.05) is 0 Å². The minimum Gasteiger partial charge on any atom is -0.392 e. The topological polar surface area (TPSA) is 32.3 Å². The summed E-state index contributed by atoms with van der Waals surface area (Å²) in [5.41, 5.74) is 0.144. The van der Waals surface area contributed by atoms with Crippen molar-refractivity contribution < 1.29 is 5.11 Å². The second-order valence-corrected chi connectivity index (χ2v) is 3.64. The molecule has 2 heteroatoms. The molecule has 62 valence electrons. The normalized spacial score (nSPS) is 34.8. The number of aliphatic hydroxyl groups excluding tert-OH is 1. The molecule has 0 aromatic rings. The third kappa shape index (κ3) is 1.10. The van der Waals surface area contributed by atoms with Gasteiger partial charge in [-0.1, -0.05) is 12.2 Å². The molecule has 1 aliphatic carbocycles. The van der Waals surface area contributed by atoms with Crippen molar-refractivity contribution in [2.45, 2.75) is 25.4 Å². The standard InChI is InChI=1S/C9H15NO/c11-8-2-1-3-9(8)4-6-10-7-5-9/h1,3,8,10-11H,2,4-7H2. The Kier molecular flexibility index (Phi) is 1.74. The molecule has 2 N–H and O–H groups in total. The fraction of sp³-hybridized carbons (Fsp3) is 0.778. The smallest absolute Gasteiger partial charge is 0.0666 e. The second kappa shape index (κ2) is 2.61. The van der Waals surface area contributed by atoms with Gasteiger partial charge in [-0.05, 0) is 32.4 Å². The highest BCUT2D eigenvalue weighted by atomic mass is 16.3. The van der Waals surface area contributed by atoms with Gasteiger partial charge in [-0.15, -0.1) is 0 Å². The number of aliphatic hydroxyl groups is 1. The zero-order chi connectivity index (χ0) is 7.73. The number of hydrogen-bond acceptors (Lipinski definition) is 2. The molecule has 1 unspecified atom stereocenters. The number of hydrogen-bond donors (Lipinski definition) is 2. The molecular formula is C9H15NO. The third-order valence-corrected chi connectivity index (χ3v) is 3.01. The summed E-state index contributed by atoms with van der Waals surface area (Å²) in [4.78, 5) is 0. The Hall–Kier alpha value is -0.340. The Balaban J connectivity index is 2.12. The van der Waals surface area contributed by atoms with Crippen LogP contribution in [0.15, 0.2) is 12.2 Å². The first-order valence-electron chi connectivity index (χ1n) is 4.40. The number of nitrogens with one attached hydrogen (secondary N) is 1. The van der Waals surface area contributed by atoms with Gasteiger partial charge in [0.05, 0.1) is 6.10 Å². The monoisotopic (exact) mass is 153 g/mol. The summed E-state index contributed by atoms with van der Waals surface area (Å²) in [5, 5.41) is 13.0. The molecule has 1 atom stereocenters. The lowest BCUT2D eigenvalue weighted by molar-refractivity contribution is 0.0505. The molecule has 1 fully saturated rings. The highest BCUT2D eigenvalue weighted by molar-refractivity contribution is 5.13. The first kappa shape index (κ1) is 7.32. The maximum Gasteiger partial charge on any atom is 0.0666 e. The minimum atomic E-state index is -0.107. The van der Waals surface area contributed by atoms with Crippen molar-refractivity contribution in [3.05, 3.63) is 12.2 Å². The van der Waals surface area contributed by atoms with Crippen LogP contribution < -0.4 is 5.32 Å². The van der Waals surface area contributed by atoms with Crippen molar-refractivity contribution in [3.8, 4) is 0 Å². The molecule has 0 radical (unpaired) electrons. The van der Waals surface area contributed by atoms with Crippen LogP contribution >= 0.6 is 0 Å². The van der Waals surface area contributed by atoms with Crippen molar-refractivity contribution >= 4 is 0 Å². The van der Waals surface area contributed by atoms with E-state index in [4.69, 9.17) is 0 Å². The van der Waals surface area contributed by atoms with Gasteiger partial charge in [0, 0.05) is 5.41 Å². The quantitative estimate of drug-likeness (QED) is 0.501. The van der Waals surface area contributed by atoms with E-state index in [-0.39, 0.29) is 11.5 Å². The first-order chi connectivity index (χ1) is 5.33. The van der Waals surface area contributed by atoms with Crippen LogP contribution in [0.25, 0.3) is 0 Å². The fourth-order valence-corrected chi connectivity index (χ4v) is 2.17. The van der Waals surface area contributed by atoms with E-state index >= 15 is 0 Å². The van der Waals surface area contributed by atoms with Gasteiger partial charge in [-0.25, -0.2) is 0 Å². The fourth-order valence-electron chi connectivity index (χ4n) is 2.17. The van der Waals surface area contributed by atoms with E-state index in [9.17, 15) is 5.11 Å². The van der Waals surface area contributed by atoms with E-state index in [0.29, 0.717) is 0 Å². The zero-order valence-electron chi connectivity index (χ0n) is 6.71. The maximum atomic E-state index is 9.71. The van der Waals surface area contributed by atoms with Crippen molar-refractivity contribution in [2.75, 3.05) is 13.1 Å². The van der Waals surface area contributed by atoms with Gasteiger partial charge in [0.25, 0.3) is 0 Å². The van der Waals surface area contributed by atoms with Crippen molar-refractivity contribution in [1.29, 1.82) is 0 Å². The average molecular weight is 153 g/mol. The van der Waals surface area contributed by atoms with Crippen LogP contribution in [0.4, 0.5) is 0 Å². The minimum absolute atomic E-state index is 0.107. The summed E-state index contributed by atoms with van der Waals surface area (Å²) in [5.74, 6) is 0. The van der Waals surface area contributed by atoms with Gasteiger partial charge >= 0.3 is 0 Å². The van der Waals surface area contributed by atoms with Crippen molar-refractivity contribution in [3.63, 3.8) is 0 Å². The zero-order valence-corrected chi connectivity index (χ0v) is 6.71. The van der Waals surface area contributed by atoms with Gasteiger partial charge < -0.3 is 10.4 Å². The van der Waals surface area contributed by atoms with Crippen LogP contribution in [-0.2, 0) is 0 Å². The molecule has 0 bridgehead atoms. The Labute approximate surface area is 67.3 Å². The molecule has 2 aliphatic rings. The predicted molar refractivity (Wildman–Crippen MR) is 44.3 cm³/mol. The molecule has 1 aliphatic heterocycles. The summed E-state index contributed by atoms with van der Waals surface area (Å²) >= 11 is 0. The summed E-state index contributed by atoms with van der Waals surface area (Å²) < 4.78 is 0. The highest BCUT2D eigenvalue weighted by Gasteiger charge is 2.38. The Bertz CT molecular complexity index is 170. The van der Waals surface area contributed by atoms with Gasteiger partial charge in [-0.3, -0.25) is 0 Å². The summed E-state index contributed by atoms with van der Waals surface area (Å²) in [7, 11) is 0. The molecule has 11 heavy (non-hydrogen) atoms. The number of piperidine rings is 1. The molecule has 1 heterocycles. The van der Waals surface area contributed by atoms with Crippen molar-refractivity contribution in [1.82, 2.24) is 5.32 Å². The molecule has 0 aromatic heterocycles. The van der Waals surface area contributed by atoms with Crippen LogP contribution in [0.5, 0.6) is 0 Å². The van der Waals surface area contributed by atoms with E-state index in [1.54, 1.807) is 0 Å². The SMILES string of the molecule is OC1CC=CC12CCNCC2. The van der Waals surface area contributed by atoms with Crippen LogP contribution in [0, 0.1) is 5.41 Å². The van der Waals surface area contributed by atoms with Crippen molar-refractivity contribution in [2.24, 2.45) is 5.41 Å². The largest absolute Gasteiger partial charge is 0.392 e. The lowest BCUT2D eigenvalue weighted by Crippen LogP contribution is -2.41. The molecule has 1 saturated heterocycles. The second-order valence-electron chi connectivity index (χ2n) is 3.64. The highest BCUT2D eigenvalue weighted by Crippen LogP contribution is 2.39. The van der Waals surface area contributed by atoms with Gasteiger partial charge in [0.15, 0.2) is 0 Å². The van der Waals surface area contributed by atoms with E-state index in [1.165, 1.54) is 0 Å². The predicted octanol–water partition coefficient (Wildman–Crippen LogP) is 0.677. The van der Waals surface area contributed by atoms with E-state index in [2.05, 4.69) is 17.5 Å². The molecular weight excluding hydrogens is 138 g/mol. The Morgan fingerprint density at radius 2 is 2.09 bits per heavy atom. The van der Waals surface area contributed by atoms with E-state index in [0.717, 1.165) is 32.4 Å². The molecule has 2 nitrogen and oxygen atoms in total. The third-order valence-electron chi connectivity index (χ3n) is 3.01. The summed E-state index contributed by atoms with van der Waals surface area (Å²) in [6.45, 7) is 2.11. The van der Waals surface area contributed by atoms with Crippen LogP contribution in [-0.4, -0.2) is 24.3 Å². The summed E-state index contributed by atoms with van der Waals surface area (Å²) in [6.07, 6.45) is 7.30. The van der Waals surface area contributed by atoms with Crippen LogP contribution in [0.1, 0.15) is 19.3 Å². The molecule has 2 rings (SSSR count). The van der Waals surface area contributed by atoms with E-state index < -0.39 is 0 Å². The first-order valence-corrected chi connectivity index (χ1v) is 4.40. The van der Waals surface area contributed by atoms with Crippen LogP contribution in [0.2, 0.25) is 0 Å². The Morgan fingerprint density at radius 3 is 2.64 bits per heavy atom. The molecule has 0 amide bonds. The Morgan fingerprint density at radius 1 is 1.36 bits per heavy atom. The summed E-state index contributed by atoms with van der Waals surface area (Å²) in [6, 6.07) is 0.